The zero-order valence-corrected chi connectivity index (χ0v) is 31.8. The van der Waals surface area contributed by atoms with Gasteiger partial charge in [0.2, 0.25) is 0 Å². The van der Waals surface area contributed by atoms with Crippen molar-refractivity contribution in [2.24, 2.45) is 0 Å². The van der Waals surface area contributed by atoms with Gasteiger partial charge in [-0.1, -0.05) is 146 Å². The van der Waals surface area contributed by atoms with Crippen LogP contribution >= 0.6 is 0 Å². The molecule has 5 nitrogen and oxygen atoms in total. The van der Waals surface area contributed by atoms with Gasteiger partial charge in [-0.15, -0.1) is 0 Å². The zero-order valence-electron chi connectivity index (χ0n) is 31.8. The number of ether oxygens (including phenoxy) is 1. The zero-order chi connectivity index (χ0) is 38.9. The third kappa shape index (κ3) is 5.33. The minimum absolute atomic E-state index is 0.687. The van der Waals surface area contributed by atoms with Crippen molar-refractivity contribution < 1.29 is 4.74 Å². The van der Waals surface area contributed by atoms with Crippen molar-refractivity contribution in [1.82, 2.24) is 14.5 Å². The van der Waals surface area contributed by atoms with Crippen molar-refractivity contribution in [3.8, 4) is 51.0 Å². The largest absolute Gasteiger partial charge is 0.453 e. The van der Waals surface area contributed by atoms with Gasteiger partial charge < -0.3 is 14.2 Å². The first-order valence-corrected chi connectivity index (χ1v) is 19.9. The molecule has 0 amide bonds. The average Bonchev–Trinajstić information content (AvgIpc) is 3.66. The molecule has 0 fully saturated rings. The van der Waals surface area contributed by atoms with Gasteiger partial charge in [-0.05, 0) is 77.0 Å². The lowest BCUT2D eigenvalue weighted by Gasteiger charge is -2.33. The summed E-state index contributed by atoms with van der Waals surface area (Å²) in [6, 6.07) is 72.6. The Morgan fingerprint density at radius 3 is 2.02 bits per heavy atom. The first-order chi connectivity index (χ1) is 29.3. The number of aromatic nitrogens is 3. The maximum atomic E-state index is 6.56. The van der Waals surface area contributed by atoms with Crippen LogP contribution in [0, 0.1) is 0 Å². The molecule has 5 heteroatoms. The summed E-state index contributed by atoms with van der Waals surface area (Å²) in [4.78, 5) is 12.7. The number of nitrogens with zero attached hydrogens (tertiary/aromatic N) is 4. The minimum atomic E-state index is 0.687. The Hall–Kier alpha value is -8.02. The number of hydrogen-bond acceptors (Lipinski definition) is 4. The van der Waals surface area contributed by atoms with Crippen LogP contribution < -0.4 is 9.64 Å². The maximum absolute atomic E-state index is 6.56. The molecule has 0 saturated heterocycles. The third-order valence-corrected chi connectivity index (χ3v) is 11.5. The molecule has 0 bridgehead atoms. The highest BCUT2D eigenvalue weighted by Gasteiger charge is 2.27. The van der Waals surface area contributed by atoms with E-state index in [1.807, 2.05) is 24.3 Å². The van der Waals surface area contributed by atoms with Crippen LogP contribution in [0.3, 0.4) is 0 Å². The molecule has 12 rings (SSSR count). The predicted octanol–water partition coefficient (Wildman–Crippen LogP) is 14.5. The number of rotatable bonds is 5. The van der Waals surface area contributed by atoms with Gasteiger partial charge in [0.1, 0.15) is 0 Å². The molecule has 0 unspecified atom stereocenters. The molecule has 276 valence electrons. The van der Waals surface area contributed by atoms with Crippen molar-refractivity contribution in [2.75, 3.05) is 4.90 Å². The second-order valence-electron chi connectivity index (χ2n) is 15.0. The van der Waals surface area contributed by atoms with Crippen molar-refractivity contribution in [3.63, 3.8) is 0 Å². The molecule has 1 aliphatic heterocycles. The number of fused-ring (bicyclic) bond motifs is 8. The molecule has 0 saturated carbocycles. The summed E-state index contributed by atoms with van der Waals surface area (Å²) < 4.78 is 8.98. The molecule has 0 N–H and O–H groups in total. The van der Waals surface area contributed by atoms with Crippen LogP contribution in [0.15, 0.2) is 206 Å². The molecular weight excluding hydrogens is 721 g/mol. The molecule has 11 aromatic rings. The number of anilines is 3. The van der Waals surface area contributed by atoms with E-state index < -0.39 is 0 Å². The molecule has 9 aromatic carbocycles. The predicted molar refractivity (Wildman–Crippen MR) is 242 cm³/mol. The Labute approximate surface area is 340 Å². The summed E-state index contributed by atoms with van der Waals surface area (Å²) >= 11 is 0. The maximum Gasteiger partial charge on any atom is 0.160 e. The van der Waals surface area contributed by atoms with Gasteiger partial charge in [0.25, 0.3) is 0 Å². The minimum Gasteiger partial charge on any atom is -0.453 e. The average molecular weight is 755 g/mol. The first kappa shape index (κ1) is 33.2. The number of para-hydroxylation sites is 5. The van der Waals surface area contributed by atoms with Crippen LogP contribution in [0.4, 0.5) is 17.1 Å². The Morgan fingerprint density at radius 2 is 1.12 bits per heavy atom. The van der Waals surface area contributed by atoms with Crippen molar-refractivity contribution in [2.45, 2.75) is 0 Å². The molecule has 1 aliphatic rings. The van der Waals surface area contributed by atoms with Gasteiger partial charge in [0.05, 0.1) is 33.6 Å². The van der Waals surface area contributed by atoms with E-state index in [1.165, 1.54) is 21.5 Å². The normalized spacial score (nSPS) is 12.2. The van der Waals surface area contributed by atoms with Gasteiger partial charge in [0, 0.05) is 44.2 Å². The van der Waals surface area contributed by atoms with Crippen molar-refractivity contribution in [1.29, 1.82) is 0 Å². The van der Waals surface area contributed by atoms with Gasteiger partial charge in [-0.25, -0.2) is 9.97 Å². The molecule has 2 aromatic heterocycles. The van der Waals surface area contributed by atoms with E-state index in [2.05, 4.69) is 191 Å². The van der Waals surface area contributed by atoms with E-state index in [0.29, 0.717) is 5.82 Å². The van der Waals surface area contributed by atoms with E-state index in [-0.39, 0.29) is 0 Å². The van der Waals surface area contributed by atoms with Gasteiger partial charge in [-0.2, -0.15) is 0 Å². The fourth-order valence-corrected chi connectivity index (χ4v) is 8.92. The Kier molecular flexibility index (Phi) is 7.47. The van der Waals surface area contributed by atoms with Crippen LogP contribution in [0.2, 0.25) is 0 Å². The van der Waals surface area contributed by atoms with Gasteiger partial charge in [-0.3, -0.25) is 0 Å². The monoisotopic (exact) mass is 754 g/mol. The molecule has 0 spiro atoms. The van der Waals surface area contributed by atoms with Crippen LogP contribution in [0.1, 0.15) is 0 Å². The topological polar surface area (TPSA) is 43.2 Å². The lowest BCUT2D eigenvalue weighted by molar-refractivity contribution is 0.477. The molecule has 0 aliphatic carbocycles. The fourth-order valence-electron chi connectivity index (χ4n) is 8.92. The van der Waals surface area contributed by atoms with E-state index in [4.69, 9.17) is 14.7 Å². The SMILES string of the molecule is c1ccc(-c2nc(-c3cccc(-n4c5ccc6ccccc6c5c5cccc(-c6ccc7c(c6)N(c6ccccc6)c6ccccc6O7)c54)c3)nc3ccccc23)cc1. The standard InChI is InChI=1S/C54H34N4O/c1-3-16-36(17-4-1)52-43-23-9-10-26-45(43)55-54(56-52)38-18-13-21-40(33-38)58-47-31-29-35-15-7-8-22-41(35)51(47)44-25-14-24-42(53(44)58)37-30-32-50-48(34-37)57(39-19-5-2-6-20-39)46-27-11-12-28-49(46)59-50/h1-34H. The Bertz CT molecular complexity index is 3430. The highest BCUT2D eigenvalue weighted by Crippen LogP contribution is 2.52. The molecule has 59 heavy (non-hydrogen) atoms. The first-order valence-electron chi connectivity index (χ1n) is 19.9. The molecule has 3 heterocycles. The van der Waals surface area contributed by atoms with E-state index in [9.17, 15) is 0 Å². The quantitative estimate of drug-likeness (QED) is 0.175. The van der Waals surface area contributed by atoms with Crippen LogP contribution in [0.25, 0.3) is 82.9 Å². The lowest BCUT2D eigenvalue weighted by atomic mass is 9.98. The smallest absolute Gasteiger partial charge is 0.160 e. The summed E-state index contributed by atoms with van der Waals surface area (Å²) in [5.41, 5.74) is 12.4. The molecular formula is C54H34N4O. The number of benzene rings is 9. The Balaban J connectivity index is 1.10. The van der Waals surface area contributed by atoms with Crippen LogP contribution in [-0.4, -0.2) is 14.5 Å². The molecule has 0 radical (unpaired) electrons. The second-order valence-corrected chi connectivity index (χ2v) is 15.0. The van der Waals surface area contributed by atoms with Crippen molar-refractivity contribution >= 4 is 60.5 Å². The highest BCUT2D eigenvalue weighted by molar-refractivity contribution is 6.23. The summed E-state index contributed by atoms with van der Waals surface area (Å²) in [6.45, 7) is 0. The van der Waals surface area contributed by atoms with Gasteiger partial charge >= 0.3 is 0 Å². The lowest BCUT2D eigenvalue weighted by Crippen LogP contribution is -2.15. The fraction of sp³-hybridized carbons (Fsp3) is 0. The van der Waals surface area contributed by atoms with E-state index in [1.54, 1.807) is 0 Å². The molecule has 0 atom stereocenters. The Morgan fingerprint density at radius 1 is 0.424 bits per heavy atom. The van der Waals surface area contributed by atoms with E-state index >= 15 is 0 Å². The summed E-state index contributed by atoms with van der Waals surface area (Å²) in [5.74, 6) is 2.33. The van der Waals surface area contributed by atoms with Crippen LogP contribution in [-0.2, 0) is 0 Å². The van der Waals surface area contributed by atoms with Crippen molar-refractivity contribution in [3.05, 3.63) is 206 Å². The summed E-state index contributed by atoms with van der Waals surface area (Å²) in [6.07, 6.45) is 0. The van der Waals surface area contributed by atoms with Crippen LogP contribution in [0.5, 0.6) is 11.5 Å². The summed E-state index contributed by atoms with van der Waals surface area (Å²) in [5, 5.41) is 5.87. The summed E-state index contributed by atoms with van der Waals surface area (Å²) in [7, 11) is 0. The van der Waals surface area contributed by atoms with Gasteiger partial charge in [0.15, 0.2) is 17.3 Å². The number of hydrogen-bond donors (Lipinski definition) is 0. The third-order valence-electron chi connectivity index (χ3n) is 11.5. The van der Waals surface area contributed by atoms with E-state index in [0.717, 1.165) is 84.1 Å². The second kappa shape index (κ2) is 13.3. The highest BCUT2D eigenvalue weighted by atomic mass is 16.5.